The lowest BCUT2D eigenvalue weighted by Crippen LogP contribution is -2.49. The maximum Gasteiger partial charge on any atom is 0.411 e. The summed E-state index contributed by atoms with van der Waals surface area (Å²) in [6.45, 7) is 10.1. The van der Waals surface area contributed by atoms with E-state index >= 15 is 0 Å². The summed E-state index contributed by atoms with van der Waals surface area (Å²) in [5.41, 5.74) is -0.831. The smallest absolute Gasteiger partial charge is 0.411 e. The zero-order valence-corrected chi connectivity index (χ0v) is 17.0. The van der Waals surface area contributed by atoms with Gasteiger partial charge in [-0.1, -0.05) is 0 Å². The summed E-state index contributed by atoms with van der Waals surface area (Å²) in [5.74, 6) is -1.98. The van der Waals surface area contributed by atoms with Gasteiger partial charge in [0.15, 0.2) is 0 Å². The highest BCUT2D eigenvalue weighted by Crippen LogP contribution is 2.16. The number of hydrogen-bond donors (Lipinski definition) is 0. The first-order chi connectivity index (χ1) is 12.6. The van der Waals surface area contributed by atoms with Crippen molar-refractivity contribution in [3.8, 4) is 0 Å². The van der Waals surface area contributed by atoms with E-state index in [4.69, 9.17) is 18.9 Å². The van der Waals surface area contributed by atoms with Gasteiger partial charge in [-0.15, -0.1) is 0 Å². The third-order valence-electron chi connectivity index (χ3n) is 3.09. The van der Waals surface area contributed by atoms with Crippen molar-refractivity contribution < 1.29 is 38.1 Å². The second-order valence-corrected chi connectivity index (χ2v) is 6.51. The molecule has 0 heterocycles. The van der Waals surface area contributed by atoms with Gasteiger partial charge in [0, 0.05) is 6.54 Å². The van der Waals surface area contributed by atoms with Crippen molar-refractivity contribution in [3.05, 3.63) is 0 Å². The molecule has 0 fully saturated rings. The lowest BCUT2D eigenvalue weighted by Gasteiger charge is -2.31. The van der Waals surface area contributed by atoms with Crippen molar-refractivity contribution in [2.75, 3.05) is 26.4 Å². The lowest BCUT2D eigenvalue weighted by atomic mass is 10.1. The Morgan fingerprint density at radius 3 is 1.85 bits per heavy atom. The van der Waals surface area contributed by atoms with Gasteiger partial charge in [0.2, 0.25) is 0 Å². The van der Waals surface area contributed by atoms with E-state index in [2.05, 4.69) is 0 Å². The Morgan fingerprint density at radius 2 is 1.37 bits per heavy atom. The summed E-state index contributed by atoms with van der Waals surface area (Å²) in [5, 5.41) is 0. The monoisotopic (exact) mass is 389 g/mol. The number of rotatable bonds is 10. The molecule has 0 aromatic heterocycles. The Balaban J connectivity index is 5.56. The van der Waals surface area contributed by atoms with Crippen LogP contribution in [0.4, 0.5) is 4.79 Å². The fourth-order valence-corrected chi connectivity index (χ4v) is 2.08. The number of amides is 1. The molecule has 0 radical (unpaired) electrons. The molecule has 156 valence electrons. The SMILES string of the molecule is CCOC(=O)CCN(C(=O)OC(C)(C)C)[C@@H](CC(=O)OCC)C(=O)OCC. The summed E-state index contributed by atoms with van der Waals surface area (Å²) in [6, 6.07) is -1.27. The summed E-state index contributed by atoms with van der Waals surface area (Å²) >= 11 is 0. The molecule has 27 heavy (non-hydrogen) atoms. The van der Waals surface area contributed by atoms with Crippen LogP contribution in [0.1, 0.15) is 54.4 Å². The molecular formula is C18H31NO8. The Hall–Kier alpha value is -2.32. The number of hydrogen-bond acceptors (Lipinski definition) is 8. The van der Waals surface area contributed by atoms with Crippen LogP contribution in [0.2, 0.25) is 0 Å². The van der Waals surface area contributed by atoms with Crippen LogP contribution in [-0.4, -0.2) is 66.9 Å². The highest BCUT2D eigenvalue weighted by Gasteiger charge is 2.36. The Bertz CT molecular complexity index is 512. The molecule has 1 atom stereocenters. The predicted octanol–water partition coefficient (Wildman–Crippen LogP) is 2.06. The minimum atomic E-state index is -1.27. The molecular weight excluding hydrogens is 358 g/mol. The standard InChI is InChI=1S/C18H31NO8/c1-7-24-14(20)10-11-19(17(23)27-18(4,5)6)13(16(22)26-9-3)12-15(21)25-8-2/h13H,7-12H2,1-6H3/t13-/m0/s1. The average molecular weight is 389 g/mol. The number of esters is 3. The zero-order chi connectivity index (χ0) is 21.0. The number of carbonyl (C=O) groups is 4. The zero-order valence-electron chi connectivity index (χ0n) is 17.0. The molecule has 0 rings (SSSR count). The van der Waals surface area contributed by atoms with Gasteiger partial charge in [-0.2, -0.15) is 0 Å². The van der Waals surface area contributed by atoms with Crippen LogP contribution in [0.25, 0.3) is 0 Å². The molecule has 0 aliphatic heterocycles. The minimum absolute atomic E-state index is 0.0677. The van der Waals surface area contributed by atoms with Gasteiger partial charge in [-0.25, -0.2) is 9.59 Å². The van der Waals surface area contributed by atoms with Crippen molar-refractivity contribution in [3.63, 3.8) is 0 Å². The Labute approximate surface area is 160 Å². The van der Waals surface area contributed by atoms with E-state index in [9.17, 15) is 19.2 Å². The van der Waals surface area contributed by atoms with Gasteiger partial charge in [-0.05, 0) is 41.5 Å². The van der Waals surface area contributed by atoms with Crippen LogP contribution in [-0.2, 0) is 33.3 Å². The van der Waals surface area contributed by atoms with Crippen molar-refractivity contribution in [1.82, 2.24) is 4.90 Å². The number of nitrogens with zero attached hydrogens (tertiary/aromatic N) is 1. The molecule has 9 nitrogen and oxygen atoms in total. The van der Waals surface area contributed by atoms with Gasteiger partial charge in [0.1, 0.15) is 11.6 Å². The van der Waals surface area contributed by atoms with Crippen LogP contribution in [0, 0.1) is 0 Å². The molecule has 1 amide bonds. The van der Waals surface area contributed by atoms with Gasteiger partial charge in [-0.3, -0.25) is 14.5 Å². The molecule has 0 aliphatic carbocycles. The highest BCUT2D eigenvalue weighted by molar-refractivity contribution is 5.86. The average Bonchev–Trinajstić information content (AvgIpc) is 2.53. The fraction of sp³-hybridized carbons (Fsp3) is 0.778. The summed E-state index contributed by atoms with van der Waals surface area (Å²) in [7, 11) is 0. The molecule has 0 spiro atoms. The molecule has 0 aromatic rings. The predicted molar refractivity (Wildman–Crippen MR) is 95.9 cm³/mol. The Morgan fingerprint density at radius 1 is 0.852 bits per heavy atom. The van der Waals surface area contributed by atoms with Crippen molar-refractivity contribution in [1.29, 1.82) is 0 Å². The third-order valence-corrected chi connectivity index (χ3v) is 3.09. The first-order valence-electron chi connectivity index (χ1n) is 9.03. The summed E-state index contributed by atoms with van der Waals surface area (Å²) in [4.78, 5) is 49.6. The molecule has 0 saturated carbocycles. The lowest BCUT2D eigenvalue weighted by molar-refractivity contribution is -0.156. The molecule has 0 aliphatic rings. The molecule has 0 N–H and O–H groups in total. The second kappa shape index (κ2) is 12.1. The van der Waals surface area contributed by atoms with Gasteiger partial charge in [0.25, 0.3) is 0 Å². The quantitative estimate of drug-likeness (QED) is 0.413. The van der Waals surface area contributed by atoms with E-state index in [0.29, 0.717) is 0 Å². The normalized spacial score (nSPS) is 11.9. The van der Waals surface area contributed by atoms with E-state index in [1.54, 1.807) is 41.5 Å². The molecule has 0 saturated heterocycles. The summed E-state index contributed by atoms with van der Waals surface area (Å²) in [6.07, 6.45) is -1.41. The van der Waals surface area contributed by atoms with Crippen molar-refractivity contribution in [2.45, 2.75) is 66.0 Å². The van der Waals surface area contributed by atoms with Crippen molar-refractivity contribution in [2.24, 2.45) is 0 Å². The number of carbonyl (C=O) groups excluding carboxylic acids is 4. The van der Waals surface area contributed by atoms with Gasteiger partial charge >= 0.3 is 24.0 Å². The van der Waals surface area contributed by atoms with E-state index in [1.807, 2.05) is 0 Å². The molecule has 0 bridgehead atoms. The van der Waals surface area contributed by atoms with Gasteiger partial charge < -0.3 is 18.9 Å². The molecule has 9 heteroatoms. The van der Waals surface area contributed by atoms with Crippen LogP contribution < -0.4 is 0 Å². The topological polar surface area (TPSA) is 108 Å². The second-order valence-electron chi connectivity index (χ2n) is 6.51. The van der Waals surface area contributed by atoms with E-state index in [-0.39, 0.29) is 32.8 Å². The highest BCUT2D eigenvalue weighted by atomic mass is 16.6. The Kier molecular flexibility index (Phi) is 11.1. The van der Waals surface area contributed by atoms with E-state index in [0.717, 1.165) is 4.90 Å². The van der Waals surface area contributed by atoms with Crippen molar-refractivity contribution >= 4 is 24.0 Å². The first-order valence-corrected chi connectivity index (χ1v) is 9.03. The summed E-state index contributed by atoms with van der Waals surface area (Å²) < 4.78 is 20.0. The van der Waals surface area contributed by atoms with Crippen LogP contribution >= 0.6 is 0 Å². The fourth-order valence-electron chi connectivity index (χ4n) is 2.08. The van der Waals surface area contributed by atoms with Crippen LogP contribution in [0.5, 0.6) is 0 Å². The van der Waals surface area contributed by atoms with Gasteiger partial charge in [0.05, 0.1) is 32.7 Å². The minimum Gasteiger partial charge on any atom is -0.466 e. The molecule has 0 unspecified atom stereocenters. The third kappa shape index (κ3) is 10.4. The van der Waals surface area contributed by atoms with Crippen LogP contribution in [0.3, 0.4) is 0 Å². The van der Waals surface area contributed by atoms with E-state index < -0.39 is 42.1 Å². The van der Waals surface area contributed by atoms with E-state index in [1.165, 1.54) is 0 Å². The maximum absolute atomic E-state index is 12.6. The number of ether oxygens (including phenoxy) is 4. The largest absolute Gasteiger partial charge is 0.466 e. The maximum atomic E-state index is 12.6. The molecule has 0 aromatic carbocycles. The van der Waals surface area contributed by atoms with Crippen LogP contribution in [0.15, 0.2) is 0 Å². The first kappa shape index (κ1) is 24.7.